The molecule has 0 atom stereocenters. The van der Waals surface area contributed by atoms with E-state index in [4.69, 9.17) is 0 Å². The van der Waals surface area contributed by atoms with Crippen LogP contribution in [0.15, 0.2) is 34.8 Å². The molecule has 7 heteroatoms. The molecule has 178 valence electrons. The van der Waals surface area contributed by atoms with E-state index in [1.54, 1.807) is 29.7 Å². The van der Waals surface area contributed by atoms with Gasteiger partial charge < -0.3 is 10.2 Å². The fourth-order valence-electron chi connectivity index (χ4n) is 3.46. The number of hydrogen-bond acceptors (Lipinski definition) is 5. The molecule has 0 unspecified atom stereocenters. The molecule has 0 aliphatic carbocycles. The average molecular weight is 469 g/mol. The van der Waals surface area contributed by atoms with Crippen molar-refractivity contribution in [1.82, 2.24) is 14.9 Å². The minimum Gasteiger partial charge on any atom is -0.335 e. The highest BCUT2D eigenvalue weighted by molar-refractivity contribution is 7.07. The molecule has 4 heterocycles. The molecule has 2 aromatic rings. The third kappa shape index (κ3) is 7.35. The average Bonchev–Trinajstić information content (AvgIpc) is 3.47. The van der Waals surface area contributed by atoms with Crippen LogP contribution in [0.25, 0.3) is 12.2 Å². The molecule has 4 rings (SSSR count). The Labute approximate surface area is 201 Å². The summed E-state index contributed by atoms with van der Waals surface area (Å²) in [5.41, 5.74) is 5.39. The van der Waals surface area contributed by atoms with Gasteiger partial charge in [-0.15, -0.1) is 11.3 Å². The zero-order valence-corrected chi connectivity index (χ0v) is 21.5. The van der Waals surface area contributed by atoms with Gasteiger partial charge in [0, 0.05) is 36.2 Å². The maximum absolute atomic E-state index is 12.5. The van der Waals surface area contributed by atoms with Crippen molar-refractivity contribution in [2.24, 2.45) is 5.41 Å². The maximum atomic E-state index is 12.5. The molecule has 2 aromatic heterocycles. The fraction of sp³-hybridized carbons (Fsp3) is 0.462. The van der Waals surface area contributed by atoms with Crippen molar-refractivity contribution >= 4 is 41.1 Å². The molecule has 0 saturated carbocycles. The quantitative estimate of drug-likeness (QED) is 0.575. The molecule has 0 radical (unpaired) electrons. The van der Waals surface area contributed by atoms with E-state index in [1.807, 2.05) is 49.6 Å². The first kappa shape index (κ1) is 26.5. The van der Waals surface area contributed by atoms with E-state index in [1.165, 1.54) is 12.0 Å². The highest BCUT2D eigenvalue weighted by Gasteiger charge is 2.34. The number of thiazole rings is 1. The van der Waals surface area contributed by atoms with Crippen LogP contribution in [0.1, 0.15) is 71.2 Å². The molecule has 1 N–H and O–H groups in total. The summed E-state index contributed by atoms with van der Waals surface area (Å²) in [4.78, 5) is 35.0. The van der Waals surface area contributed by atoms with E-state index in [0.29, 0.717) is 18.8 Å². The Hall–Kier alpha value is -2.80. The number of pyridine rings is 1. The summed E-state index contributed by atoms with van der Waals surface area (Å²) in [6.07, 6.45) is 9.90. The summed E-state index contributed by atoms with van der Waals surface area (Å²) in [6, 6.07) is 1.99. The number of anilines is 1. The number of fused-ring (bicyclic) bond motifs is 1. The number of rotatable bonds is 3. The van der Waals surface area contributed by atoms with Crippen molar-refractivity contribution in [2.45, 2.75) is 60.8 Å². The number of amides is 2. The minimum absolute atomic E-state index is 0.00645. The van der Waals surface area contributed by atoms with Crippen LogP contribution in [0, 0.1) is 5.41 Å². The van der Waals surface area contributed by atoms with Gasteiger partial charge in [0.25, 0.3) is 0 Å². The van der Waals surface area contributed by atoms with Crippen molar-refractivity contribution in [3.05, 3.63) is 51.6 Å². The van der Waals surface area contributed by atoms with Gasteiger partial charge in [-0.3, -0.25) is 9.59 Å². The van der Waals surface area contributed by atoms with Crippen LogP contribution in [0.3, 0.4) is 0 Å². The zero-order chi connectivity index (χ0) is 24.4. The molecule has 2 aliphatic heterocycles. The number of carbonyl (C=O) groups is 2. The summed E-state index contributed by atoms with van der Waals surface area (Å²) in [7, 11) is 0. The van der Waals surface area contributed by atoms with Crippen LogP contribution in [0.2, 0.25) is 0 Å². The third-order valence-electron chi connectivity index (χ3n) is 5.10. The molecule has 0 spiro atoms. The normalized spacial score (nSPS) is 17.6. The largest absolute Gasteiger partial charge is 0.335 e. The lowest BCUT2D eigenvalue weighted by Crippen LogP contribution is -2.37. The Bertz CT molecular complexity index is 994. The molecule has 1 fully saturated rings. The zero-order valence-electron chi connectivity index (χ0n) is 20.6. The van der Waals surface area contributed by atoms with Crippen molar-refractivity contribution in [3.63, 3.8) is 0 Å². The van der Waals surface area contributed by atoms with E-state index in [-0.39, 0.29) is 11.8 Å². The number of nitrogens with zero attached hydrogens (tertiary/aromatic N) is 3. The first-order chi connectivity index (χ1) is 15.8. The highest BCUT2D eigenvalue weighted by Crippen LogP contribution is 2.32. The number of likely N-dealkylation sites (tertiary alicyclic amines) is 1. The van der Waals surface area contributed by atoms with Gasteiger partial charge in [0.15, 0.2) is 0 Å². The first-order valence-corrected chi connectivity index (χ1v) is 12.6. The van der Waals surface area contributed by atoms with Crippen molar-refractivity contribution in [1.29, 1.82) is 0 Å². The topological polar surface area (TPSA) is 75.2 Å². The molecule has 0 aromatic carbocycles. The van der Waals surface area contributed by atoms with E-state index < -0.39 is 5.41 Å². The van der Waals surface area contributed by atoms with E-state index in [0.717, 1.165) is 29.8 Å². The van der Waals surface area contributed by atoms with Crippen molar-refractivity contribution in [3.8, 4) is 0 Å². The molecule has 1 saturated heterocycles. The van der Waals surface area contributed by atoms with Gasteiger partial charge in [0.1, 0.15) is 5.82 Å². The molecule has 6 nitrogen and oxygen atoms in total. The lowest BCUT2D eigenvalue weighted by Gasteiger charge is -2.29. The van der Waals surface area contributed by atoms with Gasteiger partial charge >= 0.3 is 0 Å². The Balaban J connectivity index is 0.000000714. The van der Waals surface area contributed by atoms with Crippen molar-refractivity contribution < 1.29 is 9.59 Å². The molecular formula is C26H36N4O2S. The lowest BCUT2D eigenvalue weighted by molar-refractivity contribution is -0.125. The minimum atomic E-state index is -0.456. The Kier molecular flexibility index (Phi) is 9.97. The number of hydrogen-bond donors (Lipinski definition) is 1. The maximum Gasteiger partial charge on any atom is 0.246 e. The van der Waals surface area contributed by atoms with Crippen LogP contribution in [0.4, 0.5) is 5.82 Å². The fourth-order valence-corrected chi connectivity index (χ4v) is 3.98. The predicted octanol–water partition coefficient (Wildman–Crippen LogP) is 5.83. The first-order valence-electron chi connectivity index (χ1n) is 11.7. The Morgan fingerprint density at radius 1 is 1.27 bits per heavy atom. The van der Waals surface area contributed by atoms with Crippen LogP contribution in [-0.4, -0.2) is 39.8 Å². The van der Waals surface area contributed by atoms with Crippen LogP contribution in [0.5, 0.6) is 0 Å². The van der Waals surface area contributed by atoms with Crippen LogP contribution >= 0.6 is 11.3 Å². The van der Waals surface area contributed by atoms with Crippen LogP contribution in [-0.2, 0) is 16.0 Å². The Morgan fingerprint density at radius 3 is 2.67 bits per heavy atom. The second-order valence-corrected chi connectivity index (χ2v) is 9.28. The smallest absolute Gasteiger partial charge is 0.246 e. The summed E-state index contributed by atoms with van der Waals surface area (Å²) in [6.45, 7) is 13.5. The molecule has 2 amide bonds. The van der Waals surface area contributed by atoms with Gasteiger partial charge in [-0.2, -0.15) is 0 Å². The Morgan fingerprint density at radius 2 is 2.00 bits per heavy atom. The summed E-state index contributed by atoms with van der Waals surface area (Å²) in [5, 5.41) is 4.85. The standard InChI is InChI=1S/C21H22N4O2S.C3H8.C2H6/c1-21(2)9-16-7-14(10-22-19(16)24-20(21)27)3-4-18(26)25-6-5-15(11-25)8-17-12-28-13-23-17;1-3-2;1-2/h3-4,7-8,10,12-13H,5-6,9,11H2,1-2H3,(H,22,24,27);3H2,1-2H3;1-2H3/b4-3+,15-8-;;. The molecule has 33 heavy (non-hydrogen) atoms. The number of nitrogens with one attached hydrogen (secondary N) is 1. The van der Waals surface area contributed by atoms with Gasteiger partial charge in [0.2, 0.25) is 11.8 Å². The number of carbonyl (C=O) groups excluding carboxylic acids is 2. The third-order valence-corrected chi connectivity index (χ3v) is 5.70. The monoisotopic (exact) mass is 468 g/mol. The second kappa shape index (κ2) is 12.4. The van der Waals surface area contributed by atoms with Gasteiger partial charge in [-0.05, 0) is 47.8 Å². The van der Waals surface area contributed by atoms with Gasteiger partial charge in [0.05, 0.1) is 11.2 Å². The summed E-state index contributed by atoms with van der Waals surface area (Å²) in [5.74, 6) is 0.596. The number of aromatic nitrogens is 2. The van der Waals surface area contributed by atoms with Crippen molar-refractivity contribution in [2.75, 3.05) is 18.4 Å². The second-order valence-electron chi connectivity index (χ2n) is 8.56. The van der Waals surface area contributed by atoms with E-state index in [2.05, 4.69) is 35.2 Å². The molecular weight excluding hydrogens is 432 g/mol. The highest BCUT2D eigenvalue weighted by atomic mass is 32.1. The van der Waals surface area contributed by atoms with E-state index in [9.17, 15) is 9.59 Å². The van der Waals surface area contributed by atoms with E-state index >= 15 is 0 Å². The van der Waals surface area contributed by atoms with Gasteiger partial charge in [-0.25, -0.2) is 9.97 Å². The van der Waals surface area contributed by atoms with Crippen LogP contribution < -0.4 is 5.32 Å². The lowest BCUT2D eigenvalue weighted by atomic mass is 9.82. The summed E-state index contributed by atoms with van der Waals surface area (Å²) < 4.78 is 0. The molecule has 0 bridgehead atoms. The summed E-state index contributed by atoms with van der Waals surface area (Å²) >= 11 is 1.57. The SMILES string of the molecule is CC.CC1(C)Cc2cc(/C=C/C(=O)N3CC/C(=C/c4cscn4)C3)cnc2NC1=O.CCC. The van der Waals surface area contributed by atoms with Gasteiger partial charge in [-0.1, -0.05) is 48.0 Å². The molecule has 2 aliphatic rings. The predicted molar refractivity (Wildman–Crippen MR) is 138 cm³/mol.